The SMILES string of the molecule is CC=CC(=O)NCCOCCCC. The number of ether oxygens (including phenoxy) is 1. The molecule has 1 N–H and O–H groups in total. The van der Waals surface area contributed by atoms with Gasteiger partial charge < -0.3 is 10.1 Å². The average Bonchev–Trinajstić information content (AvgIpc) is 2.11. The number of carbonyl (C=O) groups is 1. The van der Waals surface area contributed by atoms with Crippen LogP contribution in [0.1, 0.15) is 26.7 Å². The minimum atomic E-state index is -0.0541. The van der Waals surface area contributed by atoms with Crippen molar-refractivity contribution in [3.63, 3.8) is 0 Å². The lowest BCUT2D eigenvalue weighted by Crippen LogP contribution is -2.25. The summed E-state index contributed by atoms with van der Waals surface area (Å²) < 4.78 is 5.26. The highest BCUT2D eigenvalue weighted by Crippen LogP contribution is 1.86. The molecule has 0 unspecified atom stereocenters. The lowest BCUT2D eigenvalue weighted by atomic mass is 10.4. The van der Waals surface area contributed by atoms with Crippen LogP contribution < -0.4 is 5.32 Å². The van der Waals surface area contributed by atoms with Gasteiger partial charge in [-0.2, -0.15) is 0 Å². The molecular formula is C10H19NO2. The molecule has 13 heavy (non-hydrogen) atoms. The van der Waals surface area contributed by atoms with Gasteiger partial charge in [0.05, 0.1) is 6.61 Å². The van der Waals surface area contributed by atoms with Gasteiger partial charge in [0.25, 0.3) is 0 Å². The number of hydrogen-bond acceptors (Lipinski definition) is 2. The Kier molecular flexibility index (Phi) is 8.67. The zero-order valence-corrected chi connectivity index (χ0v) is 8.51. The Labute approximate surface area is 80.2 Å². The lowest BCUT2D eigenvalue weighted by Gasteiger charge is -2.03. The molecule has 0 fully saturated rings. The highest BCUT2D eigenvalue weighted by molar-refractivity contribution is 5.87. The minimum Gasteiger partial charge on any atom is -0.380 e. The van der Waals surface area contributed by atoms with Crippen LogP contribution in [0, 0.1) is 0 Å². The fraction of sp³-hybridized carbons (Fsp3) is 0.700. The summed E-state index contributed by atoms with van der Waals surface area (Å²) >= 11 is 0. The van der Waals surface area contributed by atoms with Crippen molar-refractivity contribution < 1.29 is 9.53 Å². The monoisotopic (exact) mass is 185 g/mol. The van der Waals surface area contributed by atoms with Crippen molar-refractivity contribution in [1.82, 2.24) is 5.32 Å². The van der Waals surface area contributed by atoms with Crippen molar-refractivity contribution in [3.8, 4) is 0 Å². The number of carbonyl (C=O) groups excluding carboxylic acids is 1. The highest BCUT2D eigenvalue weighted by Gasteiger charge is 1.92. The maximum atomic E-state index is 10.9. The van der Waals surface area contributed by atoms with Crippen molar-refractivity contribution in [1.29, 1.82) is 0 Å². The predicted octanol–water partition coefficient (Wildman–Crippen LogP) is 1.50. The van der Waals surface area contributed by atoms with E-state index in [-0.39, 0.29) is 5.91 Å². The number of rotatable bonds is 7. The zero-order chi connectivity index (χ0) is 9.94. The van der Waals surface area contributed by atoms with Gasteiger partial charge >= 0.3 is 0 Å². The lowest BCUT2D eigenvalue weighted by molar-refractivity contribution is -0.116. The fourth-order valence-corrected chi connectivity index (χ4v) is 0.805. The molecule has 0 aliphatic carbocycles. The third-order valence-corrected chi connectivity index (χ3v) is 1.51. The van der Waals surface area contributed by atoms with E-state index >= 15 is 0 Å². The second kappa shape index (κ2) is 9.26. The second-order valence-electron chi connectivity index (χ2n) is 2.76. The number of allylic oxidation sites excluding steroid dienone is 1. The van der Waals surface area contributed by atoms with Gasteiger partial charge in [-0.05, 0) is 19.4 Å². The van der Waals surface area contributed by atoms with Crippen molar-refractivity contribution in [2.24, 2.45) is 0 Å². The first-order valence-electron chi connectivity index (χ1n) is 4.79. The molecule has 0 spiro atoms. The molecule has 3 nitrogen and oxygen atoms in total. The molecule has 0 aliphatic heterocycles. The van der Waals surface area contributed by atoms with E-state index in [0.717, 1.165) is 19.4 Å². The fourth-order valence-electron chi connectivity index (χ4n) is 0.805. The predicted molar refractivity (Wildman–Crippen MR) is 53.6 cm³/mol. The van der Waals surface area contributed by atoms with Gasteiger partial charge in [0, 0.05) is 13.2 Å². The van der Waals surface area contributed by atoms with Crippen LogP contribution in [-0.4, -0.2) is 25.7 Å². The molecular weight excluding hydrogens is 166 g/mol. The van der Waals surface area contributed by atoms with E-state index in [1.54, 1.807) is 6.08 Å². The first-order chi connectivity index (χ1) is 6.31. The molecule has 0 rings (SSSR count). The molecule has 1 amide bonds. The van der Waals surface area contributed by atoms with E-state index in [1.807, 2.05) is 6.92 Å². The van der Waals surface area contributed by atoms with E-state index in [4.69, 9.17) is 4.74 Å². The maximum Gasteiger partial charge on any atom is 0.243 e. The largest absolute Gasteiger partial charge is 0.380 e. The van der Waals surface area contributed by atoms with E-state index in [2.05, 4.69) is 12.2 Å². The van der Waals surface area contributed by atoms with E-state index in [1.165, 1.54) is 6.08 Å². The summed E-state index contributed by atoms with van der Waals surface area (Å²) in [6.07, 6.45) is 5.45. The molecule has 0 aliphatic rings. The number of nitrogens with one attached hydrogen (secondary N) is 1. The van der Waals surface area contributed by atoms with Crippen LogP contribution in [0.15, 0.2) is 12.2 Å². The summed E-state index contributed by atoms with van der Waals surface area (Å²) in [5.41, 5.74) is 0. The Morgan fingerprint density at radius 3 is 2.85 bits per heavy atom. The standard InChI is InChI=1S/C10H19NO2/c1-3-5-8-13-9-7-11-10(12)6-4-2/h4,6H,3,5,7-9H2,1-2H3,(H,11,12). The molecule has 0 atom stereocenters. The van der Waals surface area contributed by atoms with Crippen LogP contribution in [0.5, 0.6) is 0 Å². The quantitative estimate of drug-likeness (QED) is 0.482. The molecule has 0 heterocycles. The van der Waals surface area contributed by atoms with Gasteiger partial charge in [-0.25, -0.2) is 0 Å². The Morgan fingerprint density at radius 1 is 1.46 bits per heavy atom. The van der Waals surface area contributed by atoms with Crippen molar-refractivity contribution in [2.45, 2.75) is 26.7 Å². The van der Waals surface area contributed by atoms with Crippen LogP contribution in [0.2, 0.25) is 0 Å². The van der Waals surface area contributed by atoms with E-state index in [9.17, 15) is 4.79 Å². The molecule has 0 aromatic rings. The van der Waals surface area contributed by atoms with Crippen LogP contribution in [0.4, 0.5) is 0 Å². The summed E-state index contributed by atoms with van der Waals surface area (Å²) in [6, 6.07) is 0. The number of hydrogen-bond donors (Lipinski definition) is 1. The van der Waals surface area contributed by atoms with Gasteiger partial charge in [0.15, 0.2) is 0 Å². The van der Waals surface area contributed by atoms with Gasteiger partial charge in [-0.15, -0.1) is 0 Å². The van der Waals surface area contributed by atoms with Gasteiger partial charge in [-0.3, -0.25) is 4.79 Å². The van der Waals surface area contributed by atoms with E-state index < -0.39 is 0 Å². The summed E-state index contributed by atoms with van der Waals surface area (Å²) in [4.78, 5) is 10.9. The molecule has 76 valence electrons. The number of amides is 1. The Hall–Kier alpha value is -0.830. The maximum absolute atomic E-state index is 10.9. The Morgan fingerprint density at radius 2 is 2.23 bits per heavy atom. The molecule has 3 heteroatoms. The van der Waals surface area contributed by atoms with Crippen LogP contribution in [-0.2, 0) is 9.53 Å². The molecule has 0 aromatic heterocycles. The summed E-state index contributed by atoms with van der Waals surface area (Å²) in [5, 5.41) is 2.71. The number of unbranched alkanes of at least 4 members (excludes halogenated alkanes) is 1. The topological polar surface area (TPSA) is 38.3 Å². The second-order valence-corrected chi connectivity index (χ2v) is 2.76. The first kappa shape index (κ1) is 12.2. The van der Waals surface area contributed by atoms with Crippen LogP contribution in [0.3, 0.4) is 0 Å². The van der Waals surface area contributed by atoms with Crippen molar-refractivity contribution in [3.05, 3.63) is 12.2 Å². The van der Waals surface area contributed by atoms with Gasteiger partial charge in [0.1, 0.15) is 0 Å². The molecule has 0 saturated carbocycles. The van der Waals surface area contributed by atoms with Gasteiger partial charge in [0.2, 0.25) is 5.91 Å². The highest BCUT2D eigenvalue weighted by atomic mass is 16.5. The molecule has 0 bridgehead atoms. The van der Waals surface area contributed by atoms with Crippen molar-refractivity contribution in [2.75, 3.05) is 19.8 Å². The molecule has 0 aromatic carbocycles. The third-order valence-electron chi connectivity index (χ3n) is 1.51. The Bertz CT molecular complexity index is 155. The van der Waals surface area contributed by atoms with Crippen molar-refractivity contribution >= 4 is 5.91 Å². The minimum absolute atomic E-state index is 0.0541. The van der Waals surface area contributed by atoms with E-state index in [0.29, 0.717) is 13.2 Å². The third kappa shape index (κ3) is 9.08. The Balaban J connectivity index is 3.11. The summed E-state index contributed by atoms with van der Waals surface area (Å²) in [5.74, 6) is -0.0541. The molecule has 0 saturated heterocycles. The van der Waals surface area contributed by atoms with Crippen LogP contribution >= 0.6 is 0 Å². The summed E-state index contributed by atoms with van der Waals surface area (Å²) in [6.45, 7) is 5.92. The smallest absolute Gasteiger partial charge is 0.243 e. The molecule has 0 radical (unpaired) electrons. The first-order valence-corrected chi connectivity index (χ1v) is 4.79. The summed E-state index contributed by atoms with van der Waals surface area (Å²) in [7, 11) is 0. The normalized spacial score (nSPS) is 10.6. The average molecular weight is 185 g/mol. The van der Waals surface area contributed by atoms with Gasteiger partial charge in [-0.1, -0.05) is 19.4 Å². The van der Waals surface area contributed by atoms with Crippen LogP contribution in [0.25, 0.3) is 0 Å². The zero-order valence-electron chi connectivity index (χ0n) is 8.51.